The predicted molar refractivity (Wildman–Crippen MR) is 98.3 cm³/mol. The second-order valence-electron chi connectivity index (χ2n) is 4.93. The fourth-order valence-electron chi connectivity index (χ4n) is 2.09. The van der Waals surface area contributed by atoms with Crippen molar-refractivity contribution in [2.24, 2.45) is 5.10 Å². The van der Waals surface area contributed by atoms with Crippen LogP contribution in [0.4, 0.5) is 10.8 Å². The van der Waals surface area contributed by atoms with Crippen LogP contribution in [-0.4, -0.2) is 35.8 Å². The van der Waals surface area contributed by atoms with Crippen molar-refractivity contribution >= 4 is 34.3 Å². The molecular formula is C16H18N4O5S. The molecule has 10 heteroatoms. The van der Waals surface area contributed by atoms with Crippen LogP contribution in [0.25, 0.3) is 0 Å². The maximum atomic E-state index is 11.7. The number of aromatic nitrogens is 1. The quantitative estimate of drug-likeness (QED) is 0.324. The van der Waals surface area contributed by atoms with E-state index < -0.39 is 10.9 Å². The number of nitro groups is 1. The molecule has 1 aromatic heterocycles. The summed E-state index contributed by atoms with van der Waals surface area (Å²) in [6.45, 7) is 3.97. The minimum atomic E-state index is -0.507. The minimum absolute atomic E-state index is 0.133. The molecule has 26 heavy (non-hydrogen) atoms. The van der Waals surface area contributed by atoms with Gasteiger partial charge in [0.1, 0.15) is 4.88 Å². The summed E-state index contributed by atoms with van der Waals surface area (Å²) in [6.07, 6.45) is 2.00. The van der Waals surface area contributed by atoms with Gasteiger partial charge in [0.2, 0.25) is 5.13 Å². The molecule has 1 N–H and O–H groups in total. The van der Waals surface area contributed by atoms with Gasteiger partial charge >= 0.3 is 11.7 Å². The molecule has 0 spiro atoms. The number of anilines is 1. The van der Waals surface area contributed by atoms with Crippen molar-refractivity contribution in [3.63, 3.8) is 0 Å². The molecule has 0 bridgehead atoms. The van der Waals surface area contributed by atoms with Gasteiger partial charge in [-0.3, -0.25) is 15.5 Å². The highest BCUT2D eigenvalue weighted by Crippen LogP contribution is 2.28. The lowest BCUT2D eigenvalue weighted by Gasteiger charge is -2.04. The van der Waals surface area contributed by atoms with Crippen LogP contribution >= 0.6 is 11.3 Å². The number of benzene rings is 1. The Kier molecular flexibility index (Phi) is 6.61. The molecule has 2 rings (SSSR count). The van der Waals surface area contributed by atoms with Crippen LogP contribution in [0.1, 0.15) is 34.8 Å². The second kappa shape index (κ2) is 8.90. The molecule has 1 heterocycles. The van der Waals surface area contributed by atoms with Gasteiger partial charge in [-0.25, -0.2) is 9.78 Å². The number of hydrogen-bond donors (Lipinski definition) is 1. The standard InChI is InChI=1S/C16H18N4O5S/c1-4-11-14(15(21)24-3)26-16(18-11)19-17-9-10-6-7-13(25-5-2)12(8-10)20(22)23/h6-9H,4-5H2,1-3H3,(H,18,19)/b17-9-. The Balaban J connectivity index is 2.16. The van der Waals surface area contributed by atoms with Crippen molar-refractivity contribution in [1.29, 1.82) is 0 Å². The van der Waals surface area contributed by atoms with Gasteiger partial charge in [0.05, 0.1) is 30.5 Å². The highest BCUT2D eigenvalue weighted by Gasteiger charge is 2.17. The summed E-state index contributed by atoms with van der Waals surface area (Å²) in [5.41, 5.74) is 3.73. The third kappa shape index (κ3) is 4.54. The van der Waals surface area contributed by atoms with E-state index in [0.717, 1.165) is 11.3 Å². The van der Waals surface area contributed by atoms with E-state index >= 15 is 0 Å². The molecule has 0 radical (unpaired) electrons. The SMILES string of the molecule is CCOc1ccc(/C=N\Nc2nc(CC)c(C(=O)OC)s2)cc1[N+](=O)[O-]. The number of thiazole rings is 1. The zero-order valence-corrected chi connectivity index (χ0v) is 15.3. The number of carbonyl (C=O) groups excluding carboxylic acids is 1. The maximum absolute atomic E-state index is 11.7. The minimum Gasteiger partial charge on any atom is -0.487 e. The second-order valence-corrected chi connectivity index (χ2v) is 5.93. The van der Waals surface area contributed by atoms with E-state index in [1.165, 1.54) is 25.5 Å². The first-order valence-electron chi connectivity index (χ1n) is 7.78. The van der Waals surface area contributed by atoms with Gasteiger partial charge in [0.25, 0.3) is 0 Å². The molecule has 0 saturated carbocycles. The van der Waals surface area contributed by atoms with Crippen molar-refractivity contribution in [1.82, 2.24) is 4.98 Å². The van der Waals surface area contributed by atoms with E-state index in [1.807, 2.05) is 6.92 Å². The van der Waals surface area contributed by atoms with Crippen molar-refractivity contribution < 1.29 is 19.2 Å². The van der Waals surface area contributed by atoms with Gasteiger partial charge in [0.15, 0.2) is 5.75 Å². The summed E-state index contributed by atoms with van der Waals surface area (Å²) in [6, 6.07) is 4.55. The topological polar surface area (TPSA) is 116 Å². The van der Waals surface area contributed by atoms with E-state index in [-0.39, 0.29) is 11.4 Å². The van der Waals surface area contributed by atoms with E-state index in [9.17, 15) is 14.9 Å². The number of hydrazone groups is 1. The fourth-order valence-corrected chi connectivity index (χ4v) is 3.01. The molecular weight excluding hydrogens is 360 g/mol. The van der Waals surface area contributed by atoms with E-state index in [4.69, 9.17) is 9.47 Å². The van der Waals surface area contributed by atoms with Gasteiger partial charge < -0.3 is 9.47 Å². The summed E-state index contributed by atoms with van der Waals surface area (Å²) < 4.78 is 9.96. The molecule has 138 valence electrons. The third-order valence-corrected chi connectivity index (χ3v) is 4.24. The molecule has 0 aliphatic rings. The summed E-state index contributed by atoms with van der Waals surface area (Å²) in [4.78, 5) is 27.0. The first kappa shape index (κ1) is 19.3. The lowest BCUT2D eigenvalue weighted by atomic mass is 10.2. The normalized spacial score (nSPS) is 10.7. The van der Waals surface area contributed by atoms with Crippen molar-refractivity contribution in [2.75, 3.05) is 19.1 Å². The Morgan fingerprint density at radius 3 is 2.85 bits per heavy atom. The molecule has 2 aromatic rings. The summed E-state index contributed by atoms with van der Waals surface area (Å²) in [7, 11) is 1.31. The Morgan fingerprint density at radius 1 is 1.46 bits per heavy atom. The van der Waals surface area contributed by atoms with Crippen molar-refractivity contribution in [3.05, 3.63) is 44.4 Å². The fraction of sp³-hybridized carbons (Fsp3) is 0.312. The maximum Gasteiger partial charge on any atom is 0.350 e. The molecule has 0 unspecified atom stereocenters. The Morgan fingerprint density at radius 2 is 2.23 bits per heavy atom. The molecule has 0 aliphatic heterocycles. The predicted octanol–water partition coefficient (Wildman–Crippen LogP) is 3.25. The van der Waals surface area contributed by atoms with Crippen LogP contribution in [0.3, 0.4) is 0 Å². The summed E-state index contributed by atoms with van der Waals surface area (Å²) in [5, 5.41) is 15.6. The van der Waals surface area contributed by atoms with Gasteiger partial charge in [0, 0.05) is 11.6 Å². The zero-order valence-electron chi connectivity index (χ0n) is 14.5. The highest BCUT2D eigenvalue weighted by atomic mass is 32.1. The average Bonchev–Trinajstić information content (AvgIpc) is 3.05. The number of nitrogens with zero attached hydrogens (tertiary/aromatic N) is 3. The van der Waals surface area contributed by atoms with Gasteiger partial charge in [-0.15, -0.1) is 0 Å². The van der Waals surface area contributed by atoms with Crippen LogP contribution in [0, 0.1) is 10.1 Å². The third-order valence-electron chi connectivity index (χ3n) is 3.26. The number of hydrogen-bond acceptors (Lipinski definition) is 9. The molecule has 0 atom stereocenters. The monoisotopic (exact) mass is 378 g/mol. The van der Waals surface area contributed by atoms with Crippen LogP contribution in [0.15, 0.2) is 23.3 Å². The number of rotatable bonds is 8. The highest BCUT2D eigenvalue weighted by molar-refractivity contribution is 7.17. The van der Waals surface area contributed by atoms with Crippen molar-refractivity contribution in [2.45, 2.75) is 20.3 Å². The Hall–Kier alpha value is -3.01. The molecule has 1 aromatic carbocycles. The molecule has 0 aliphatic carbocycles. The van der Waals surface area contributed by atoms with Crippen LogP contribution in [0.2, 0.25) is 0 Å². The average molecular weight is 378 g/mol. The summed E-state index contributed by atoms with van der Waals surface area (Å²) in [5.74, 6) is -0.239. The lowest BCUT2D eigenvalue weighted by molar-refractivity contribution is -0.385. The number of aryl methyl sites for hydroxylation is 1. The van der Waals surface area contributed by atoms with E-state index in [0.29, 0.717) is 34.3 Å². The Labute approximate surface area is 153 Å². The van der Waals surface area contributed by atoms with E-state index in [2.05, 4.69) is 15.5 Å². The largest absolute Gasteiger partial charge is 0.487 e. The Bertz CT molecular complexity index is 834. The number of methoxy groups -OCH3 is 1. The first-order chi connectivity index (χ1) is 12.5. The van der Waals surface area contributed by atoms with Gasteiger partial charge in [-0.2, -0.15) is 5.10 Å². The smallest absolute Gasteiger partial charge is 0.350 e. The van der Waals surface area contributed by atoms with Gasteiger partial charge in [-0.05, 0) is 25.5 Å². The number of nitro benzene ring substituents is 1. The van der Waals surface area contributed by atoms with Crippen LogP contribution in [0.5, 0.6) is 5.75 Å². The number of ether oxygens (including phenoxy) is 2. The summed E-state index contributed by atoms with van der Waals surface area (Å²) >= 11 is 1.13. The molecule has 0 saturated heterocycles. The molecule has 0 amide bonds. The van der Waals surface area contributed by atoms with Crippen LogP contribution < -0.4 is 10.2 Å². The number of carbonyl (C=O) groups is 1. The lowest BCUT2D eigenvalue weighted by Crippen LogP contribution is -2.01. The zero-order chi connectivity index (χ0) is 19.1. The molecule has 0 fully saturated rings. The number of nitrogens with one attached hydrogen (secondary N) is 1. The van der Waals surface area contributed by atoms with Gasteiger partial charge in [-0.1, -0.05) is 18.3 Å². The van der Waals surface area contributed by atoms with Crippen LogP contribution in [-0.2, 0) is 11.2 Å². The first-order valence-corrected chi connectivity index (χ1v) is 8.60. The van der Waals surface area contributed by atoms with E-state index in [1.54, 1.807) is 13.0 Å². The molecule has 9 nitrogen and oxygen atoms in total. The number of esters is 1. The van der Waals surface area contributed by atoms with Crippen molar-refractivity contribution in [3.8, 4) is 5.75 Å².